The van der Waals surface area contributed by atoms with Gasteiger partial charge in [-0.25, -0.2) is 0 Å². The summed E-state index contributed by atoms with van der Waals surface area (Å²) >= 11 is 0. The number of carbonyl (C=O) groups is 1. The van der Waals surface area contributed by atoms with Crippen LogP contribution in [0.5, 0.6) is 0 Å². The number of amides is 1. The minimum Gasteiger partial charge on any atom is -0.392 e. The summed E-state index contributed by atoms with van der Waals surface area (Å²) in [5.74, 6) is 0.109. The van der Waals surface area contributed by atoms with Crippen molar-refractivity contribution in [2.24, 2.45) is 0 Å². The smallest absolute Gasteiger partial charge is 0.221 e. The van der Waals surface area contributed by atoms with Gasteiger partial charge in [-0.15, -0.1) is 0 Å². The van der Waals surface area contributed by atoms with Crippen LogP contribution in [-0.2, 0) is 4.79 Å². The van der Waals surface area contributed by atoms with Crippen LogP contribution in [0.25, 0.3) is 0 Å². The van der Waals surface area contributed by atoms with E-state index in [1.54, 1.807) is 6.92 Å². The fourth-order valence-corrected chi connectivity index (χ4v) is 1.11. The monoisotopic (exact) mass is 200 g/mol. The molecule has 0 aromatic rings. The van der Waals surface area contributed by atoms with Crippen LogP contribution < -0.4 is 10.6 Å². The van der Waals surface area contributed by atoms with Crippen LogP contribution in [0.4, 0.5) is 0 Å². The van der Waals surface area contributed by atoms with E-state index in [0.29, 0.717) is 19.0 Å². The van der Waals surface area contributed by atoms with Crippen LogP contribution in [0.15, 0.2) is 0 Å². The highest BCUT2D eigenvalue weighted by molar-refractivity contribution is 5.76. The number of rotatable bonds is 6. The highest BCUT2D eigenvalue weighted by atomic mass is 16.3. The van der Waals surface area contributed by atoms with Gasteiger partial charge in [-0.05, 0) is 26.7 Å². The van der Waals surface area contributed by atoms with Crippen LogP contribution in [-0.4, -0.2) is 35.7 Å². The van der Waals surface area contributed by atoms with Crippen LogP contribution >= 0.6 is 0 Å². The number of hydrogen-bond acceptors (Lipinski definition) is 3. The second kappa shape index (κ2) is 5.32. The minimum atomic E-state index is -0.374. The first-order chi connectivity index (χ1) is 6.59. The number of aliphatic hydroxyl groups excluding tert-OH is 1. The first kappa shape index (κ1) is 11.5. The van der Waals surface area contributed by atoms with Crippen LogP contribution in [0.2, 0.25) is 0 Å². The molecule has 1 aliphatic rings. The van der Waals surface area contributed by atoms with E-state index in [0.717, 1.165) is 12.8 Å². The zero-order chi connectivity index (χ0) is 10.6. The summed E-state index contributed by atoms with van der Waals surface area (Å²) in [6, 6.07) is 0.486. The Bertz CT molecular complexity index is 191. The molecule has 0 bridgehead atoms. The number of nitrogens with one attached hydrogen (secondary N) is 2. The fourth-order valence-electron chi connectivity index (χ4n) is 1.11. The summed E-state index contributed by atoms with van der Waals surface area (Å²) in [4.78, 5) is 11.2. The van der Waals surface area contributed by atoms with E-state index in [1.165, 1.54) is 0 Å². The SMILES string of the molecule is CC(O)C(C)NCCC(=O)NC1CC1. The van der Waals surface area contributed by atoms with Gasteiger partial charge in [0.1, 0.15) is 0 Å². The number of hydrogen-bond donors (Lipinski definition) is 3. The summed E-state index contributed by atoms with van der Waals surface area (Å²) in [5.41, 5.74) is 0. The Balaban J connectivity index is 1.99. The van der Waals surface area contributed by atoms with Gasteiger partial charge in [0.25, 0.3) is 0 Å². The van der Waals surface area contributed by atoms with Gasteiger partial charge < -0.3 is 15.7 Å². The molecule has 0 aliphatic heterocycles. The Kier molecular flexibility index (Phi) is 4.35. The molecule has 2 atom stereocenters. The van der Waals surface area contributed by atoms with Gasteiger partial charge in [0.2, 0.25) is 5.91 Å². The molecule has 1 amide bonds. The third-order valence-electron chi connectivity index (χ3n) is 2.48. The van der Waals surface area contributed by atoms with Crippen LogP contribution in [0, 0.1) is 0 Å². The molecule has 1 aliphatic carbocycles. The van der Waals surface area contributed by atoms with Gasteiger partial charge in [-0.3, -0.25) is 4.79 Å². The van der Waals surface area contributed by atoms with Crippen LogP contribution in [0.1, 0.15) is 33.1 Å². The normalized spacial score (nSPS) is 20.2. The predicted molar refractivity (Wildman–Crippen MR) is 54.9 cm³/mol. The highest BCUT2D eigenvalue weighted by Gasteiger charge is 2.22. The van der Waals surface area contributed by atoms with E-state index in [2.05, 4.69) is 10.6 Å². The third-order valence-corrected chi connectivity index (χ3v) is 2.48. The third kappa shape index (κ3) is 4.58. The van der Waals surface area contributed by atoms with E-state index in [4.69, 9.17) is 0 Å². The lowest BCUT2D eigenvalue weighted by Crippen LogP contribution is -2.38. The molecule has 0 aromatic carbocycles. The molecule has 0 radical (unpaired) electrons. The standard InChI is InChI=1S/C10H20N2O2/c1-7(8(2)13)11-6-5-10(14)12-9-3-4-9/h7-9,11,13H,3-6H2,1-2H3,(H,12,14). The van der Waals surface area contributed by atoms with Crippen molar-refractivity contribution < 1.29 is 9.90 Å². The molecule has 14 heavy (non-hydrogen) atoms. The summed E-state index contributed by atoms with van der Waals surface area (Å²) in [7, 11) is 0. The maximum atomic E-state index is 11.2. The topological polar surface area (TPSA) is 61.4 Å². The van der Waals surface area contributed by atoms with Gasteiger partial charge >= 0.3 is 0 Å². The Labute approximate surface area is 85.1 Å². The second-order valence-corrected chi connectivity index (χ2v) is 4.08. The molecular formula is C10H20N2O2. The molecule has 3 N–H and O–H groups in total. The lowest BCUT2D eigenvalue weighted by molar-refractivity contribution is -0.121. The Morgan fingerprint density at radius 1 is 1.50 bits per heavy atom. The summed E-state index contributed by atoms with van der Waals surface area (Å²) in [6.45, 7) is 4.27. The van der Waals surface area contributed by atoms with Crippen molar-refractivity contribution in [1.82, 2.24) is 10.6 Å². The molecule has 0 saturated heterocycles. The van der Waals surface area contributed by atoms with E-state index in [1.807, 2.05) is 6.92 Å². The molecule has 1 fully saturated rings. The van der Waals surface area contributed by atoms with Crippen molar-refractivity contribution >= 4 is 5.91 Å². The molecule has 82 valence electrons. The van der Waals surface area contributed by atoms with E-state index in [9.17, 15) is 9.90 Å². The average molecular weight is 200 g/mol. The van der Waals surface area contributed by atoms with Crippen molar-refractivity contribution in [3.8, 4) is 0 Å². The van der Waals surface area contributed by atoms with Gasteiger partial charge in [-0.2, -0.15) is 0 Å². The van der Waals surface area contributed by atoms with Crippen molar-refractivity contribution in [1.29, 1.82) is 0 Å². The second-order valence-electron chi connectivity index (χ2n) is 4.08. The predicted octanol–water partition coefficient (Wildman–Crippen LogP) is 0.0140. The lowest BCUT2D eigenvalue weighted by atomic mass is 10.2. The Morgan fingerprint density at radius 2 is 2.14 bits per heavy atom. The molecule has 1 rings (SSSR count). The maximum absolute atomic E-state index is 11.2. The highest BCUT2D eigenvalue weighted by Crippen LogP contribution is 2.18. The van der Waals surface area contributed by atoms with Crippen molar-refractivity contribution in [3.63, 3.8) is 0 Å². The molecule has 4 nitrogen and oxygen atoms in total. The summed E-state index contributed by atoms with van der Waals surface area (Å²) < 4.78 is 0. The quantitative estimate of drug-likeness (QED) is 0.566. The summed E-state index contributed by atoms with van der Waals surface area (Å²) in [6.07, 6.45) is 2.38. The largest absolute Gasteiger partial charge is 0.392 e. The van der Waals surface area contributed by atoms with Gasteiger partial charge in [0.15, 0.2) is 0 Å². The van der Waals surface area contributed by atoms with Crippen molar-refractivity contribution in [2.75, 3.05) is 6.54 Å². The molecule has 0 spiro atoms. The fraction of sp³-hybridized carbons (Fsp3) is 0.900. The lowest BCUT2D eigenvalue weighted by Gasteiger charge is -2.16. The zero-order valence-electron chi connectivity index (χ0n) is 8.92. The number of aliphatic hydroxyl groups is 1. The van der Waals surface area contributed by atoms with E-state index < -0.39 is 0 Å². The first-order valence-electron chi connectivity index (χ1n) is 5.30. The van der Waals surface area contributed by atoms with Gasteiger partial charge in [-0.1, -0.05) is 0 Å². The van der Waals surface area contributed by atoms with E-state index >= 15 is 0 Å². The molecule has 1 saturated carbocycles. The molecule has 2 unspecified atom stereocenters. The Hall–Kier alpha value is -0.610. The first-order valence-corrected chi connectivity index (χ1v) is 5.30. The van der Waals surface area contributed by atoms with Gasteiger partial charge in [0.05, 0.1) is 6.10 Å². The van der Waals surface area contributed by atoms with Gasteiger partial charge in [0, 0.05) is 25.0 Å². The summed E-state index contributed by atoms with van der Waals surface area (Å²) in [5, 5.41) is 15.2. The Morgan fingerprint density at radius 3 is 2.64 bits per heavy atom. The van der Waals surface area contributed by atoms with Crippen molar-refractivity contribution in [2.45, 2.75) is 51.3 Å². The molecule has 4 heteroatoms. The average Bonchev–Trinajstić information content (AvgIpc) is 2.87. The zero-order valence-corrected chi connectivity index (χ0v) is 8.92. The molecular weight excluding hydrogens is 180 g/mol. The molecule has 0 aromatic heterocycles. The van der Waals surface area contributed by atoms with Crippen LogP contribution in [0.3, 0.4) is 0 Å². The van der Waals surface area contributed by atoms with E-state index in [-0.39, 0.29) is 18.1 Å². The number of carbonyl (C=O) groups excluding carboxylic acids is 1. The minimum absolute atomic E-state index is 0.0451. The van der Waals surface area contributed by atoms with Crippen molar-refractivity contribution in [3.05, 3.63) is 0 Å². The maximum Gasteiger partial charge on any atom is 0.221 e. The molecule has 0 heterocycles.